The van der Waals surface area contributed by atoms with E-state index in [1.54, 1.807) is 23.0 Å². The molecule has 1 aliphatic heterocycles. The molecule has 76 heavy (non-hydrogen) atoms. The van der Waals surface area contributed by atoms with Gasteiger partial charge in [-0.05, 0) is 122 Å². The van der Waals surface area contributed by atoms with Gasteiger partial charge in [0.1, 0.15) is 34.0 Å². The molecule has 3 aliphatic rings. The summed E-state index contributed by atoms with van der Waals surface area (Å²) in [6.07, 6.45) is 9.84. The molecule has 2 aromatic heterocycles. The standard InChI is InChI=1S/C57H77Cl2FN6O7SSi2/c1-56(2,3)76(9,10)73-45-18-11-39(12-19-45)37-71-55-50(59)32-46(34-61-55)74(68,69)63-54(67)47-20-17-44(31-53(47)72-52-30-43(60)29-51-49(52)35-62-66(51)38-70-27-28-75(6,7)8)65-25-23-64(24-26-65)36-41-21-22-57(4,5)33-48(41)40-13-15-42(58)16-14-40/h13-17,20,29-32,34-35,39,45H,11-12,18-19,21-28,33,36-38H2,1-10H3,(H,63,67)/t39-,45-. The van der Waals surface area contributed by atoms with Crippen LogP contribution in [0.15, 0.2) is 83.5 Å². The third-order valence-electron chi connectivity index (χ3n) is 15.7. The number of hydrogen-bond donors (Lipinski definition) is 1. The Hall–Kier alpha value is -4.34. The van der Waals surface area contributed by atoms with Crippen LogP contribution in [0.25, 0.3) is 16.5 Å². The Balaban J connectivity index is 0.988. The zero-order valence-corrected chi connectivity index (χ0v) is 50.4. The molecule has 2 fully saturated rings. The van der Waals surface area contributed by atoms with Gasteiger partial charge in [0.2, 0.25) is 5.88 Å². The lowest BCUT2D eigenvalue weighted by Gasteiger charge is -2.41. The lowest BCUT2D eigenvalue weighted by Crippen LogP contribution is -2.47. The van der Waals surface area contributed by atoms with Crippen LogP contribution in [0.2, 0.25) is 53.9 Å². The normalized spacial score (nSPS) is 19.0. The molecule has 412 valence electrons. The van der Waals surface area contributed by atoms with Crippen LogP contribution < -0.4 is 19.1 Å². The fourth-order valence-electron chi connectivity index (χ4n) is 9.93. The number of fused-ring (bicyclic) bond motifs is 1. The summed E-state index contributed by atoms with van der Waals surface area (Å²) >= 11 is 12.9. The van der Waals surface area contributed by atoms with Crippen molar-refractivity contribution in [3.05, 3.63) is 106 Å². The third kappa shape index (κ3) is 14.7. The van der Waals surface area contributed by atoms with E-state index in [4.69, 9.17) is 41.8 Å². The summed E-state index contributed by atoms with van der Waals surface area (Å²) in [5.74, 6) is -1.03. The molecular weight excluding hydrogens is 1060 g/mol. The summed E-state index contributed by atoms with van der Waals surface area (Å²) in [4.78, 5) is 22.9. The van der Waals surface area contributed by atoms with E-state index < -0.39 is 38.1 Å². The molecule has 3 heterocycles. The van der Waals surface area contributed by atoms with Gasteiger partial charge in [0.15, 0.2) is 8.32 Å². The fourth-order valence-corrected chi connectivity index (χ4v) is 13.5. The molecule has 13 nitrogen and oxygen atoms in total. The molecule has 0 bridgehead atoms. The van der Waals surface area contributed by atoms with Crippen LogP contribution in [-0.2, 0) is 25.9 Å². The number of nitrogens with one attached hydrogen (secondary N) is 1. The van der Waals surface area contributed by atoms with Crippen LogP contribution in [0.4, 0.5) is 10.1 Å². The first kappa shape index (κ1) is 57.8. The van der Waals surface area contributed by atoms with E-state index in [0.717, 1.165) is 87.5 Å². The number of benzene rings is 3. The first-order chi connectivity index (χ1) is 35.7. The van der Waals surface area contributed by atoms with Gasteiger partial charge in [-0.2, -0.15) is 5.10 Å². The summed E-state index contributed by atoms with van der Waals surface area (Å²) in [6.45, 7) is 27.6. The SMILES string of the molecule is CC1(C)CCC(CN2CCN(c3ccc(C(=O)NS(=O)(=O)c4cnc(OC[C@H]5CC[C@H](O[Si](C)(C)C(C)(C)C)CC5)c(Cl)c4)c(Oc4cc(F)cc5c4cnn5COCC[Si](C)(C)C)c3)CC2)=C(c2ccc(Cl)cc2)C1. The highest BCUT2D eigenvalue weighted by Gasteiger charge is 2.40. The smallest absolute Gasteiger partial charge is 0.268 e. The highest BCUT2D eigenvalue weighted by Crippen LogP contribution is 2.44. The van der Waals surface area contributed by atoms with Gasteiger partial charge in [0.25, 0.3) is 15.9 Å². The number of aromatic nitrogens is 3. The topological polar surface area (TPSA) is 137 Å². The molecule has 0 radical (unpaired) electrons. The summed E-state index contributed by atoms with van der Waals surface area (Å²) in [5, 5.41) is 5.84. The molecule has 0 spiro atoms. The zero-order valence-electron chi connectivity index (χ0n) is 46.0. The van der Waals surface area contributed by atoms with E-state index in [2.05, 4.69) is 104 Å². The van der Waals surface area contributed by atoms with E-state index in [1.165, 1.54) is 41.0 Å². The second kappa shape index (κ2) is 23.6. The number of nitrogens with zero attached hydrogens (tertiary/aromatic N) is 5. The molecule has 2 aliphatic carbocycles. The number of rotatable bonds is 19. The van der Waals surface area contributed by atoms with Crippen LogP contribution in [0, 0.1) is 17.2 Å². The maximum atomic E-state index is 15.6. The number of amides is 1. The molecule has 19 heteroatoms. The van der Waals surface area contributed by atoms with Gasteiger partial charge in [-0.25, -0.2) is 27.2 Å². The van der Waals surface area contributed by atoms with Gasteiger partial charge < -0.3 is 23.5 Å². The number of allylic oxidation sites excluding steroid dienone is 1. The molecular formula is C57H77Cl2FN6O7SSi2. The quantitative estimate of drug-likeness (QED) is 0.0625. The fraction of sp³-hybridized carbons (Fsp3) is 0.526. The third-order valence-corrected chi connectivity index (χ3v) is 23.8. The molecule has 8 rings (SSSR count). The highest BCUT2D eigenvalue weighted by molar-refractivity contribution is 7.90. The Labute approximate surface area is 462 Å². The Kier molecular flexibility index (Phi) is 17.9. The highest BCUT2D eigenvalue weighted by atomic mass is 35.5. The van der Waals surface area contributed by atoms with Crippen molar-refractivity contribution in [2.75, 3.05) is 50.8 Å². The number of anilines is 1. The summed E-state index contributed by atoms with van der Waals surface area (Å²) in [6, 6.07) is 18.0. The molecule has 5 aromatic rings. The van der Waals surface area contributed by atoms with E-state index in [9.17, 15) is 13.2 Å². The lowest BCUT2D eigenvalue weighted by atomic mass is 9.72. The number of ether oxygens (including phenoxy) is 3. The molecule has 1 N–H and O–H groups in total. The van der Waals surface area contributed by atoms with Crippen LogP contribution in [0.5, 0.6) is 17.4 Å². The van der Waals surface area contributed by atoms with Gasteiger partial charge in [0.05, 0.1) is 35.5 Å². The summed E-state index contributed by atoms with van der Waals surface area (Å²) in [7, 11) is -7.75. The number of hydrogen-bond acceptors (Lipinski definition) is 11. The van der Waals surface area contributed by atoms with Crippen LogP contribution in [0.3, 0.4) is 0 Å². The maximum absolute atomic E-state index is 15.6. The molecule has 0 atom stereocenters. The van der Waals surface area contributed by atoms with E-state index in [0.29, 0.717) is 37.2 Å². The van der Waals surface area contributed by atoms with Gasteiger partial charge >= 0.3 is 0 Å². The molecule has 0 unspecified atom stereocenters. The molecule has 3 aromatic carbocycles. The number of halogens is 3. The van der Waals surface area contributed by atoms with E-state index >= 15 is 4.39 Å². The number of carbonyl (C=O) groups excluding carboxylic acids is 1. The monoisotopic (exact) mass is 1130 g/mol. The van der Waals surface area contributed by atoms with Crippen molar-refractivity contribution in [2.45, 2.75) is 141 Å². The first-order valence-electron chi connectivity index (χ1n) is 26.7. The van der Waals surface area contributed by atoms with Crippen molar-refractivity contribution in [1.29, 1.82) is 0 Å². The van der Waals surface area contributed by atoms with Gasteiger partial charge in [-0.3, -0.25) is 9.69 Å². The van der Waals surface area contributed by atoms with Gasteiger partial charge in [-0.1, -0.05) is 95.2 Å². The van der Waals surface area contributed by atoms with Crippen molar-refractivity contribution in [2.24, 2.45) is 11.3 Å². The number of carbonyl (C=O) groups is 1. The maximum Gasteiger partial charge on any atom is 0.268 e. The zero-order chi connectivity index (χ0) is 54.8. The van der Waals surface area contributed by atoms with Crippen molar-refractivity contribution in [3.8, 4) is 17.4 Å². The number of piperazine rings is 1. The molecule has 1 saturated carbocycles. The van der Waals surface area contributed by atoms with Crippen molar-refractivity contribution in [1.82, 2.24) is 24.4 Å². The average Bonchev–Trinajstić information content (AvgIpc) is 3.76. The predicted octanol–water partition coefficient (Wildman–Crippen LogP) is 13.8. The van der Waals surface area contributed by atoms with Crippen molar-refractivity contribution < 1.29 is 36.2 Å². The van der Waals surface area contributed by atoms with Gasteiger partial charge in [0, 0.05) is 82.4 Å². The Morgan fingerprint density at radius 1 is 0.908 bits per heavy atom. The first-order valence-corrected chi connectivity index (χ1v) is 35.6. The van der Waals surface area contributed by atoms with Crippen LogP contribution in [0.1, 0.15) is 95.5 Å². The second-order valence-electron chi connectivity index (χ2n) is 24.5. The largest absolute Gasteiger partial charge is 0.476 e. The van der Waals surface area contributed by atoms with Crippen molar-refractivity contribution >= 4 is 77.7 Å². The Morgan fingerprint density at radius 2 is 1.62 bits per heavy atom. The number of pyridine rings is 1. The Bertz CT molecular complexity index is 3020. The van der Waals surface area contributed by atoms with Crippen LogP contribution >= 0.6 is 23.2 Å². The van der Waals surface area contributed by atoms with Gasteiger partial charge in [-0.15, -0.1) is 0 Å². The second-order valence-corrected chi connectivity index (χ2v) is 37.4. The number of sulfonamides is 1. The van der Waals surface area contributed by atoms with E-state index in [-0.39, 0.29) is 62.1 Å². The molecule has 1 saturated heterocycles. The summed E-state index contributed by atoms with van der Waals surface area (Å²) in [5.41, 5.74) is 5.39. The van der Waals surface area contributed by atoms with Crippen molar-refractivity contribution in [3.63, 3.8) is 0 Å². The summed E-state index contributed by atoms with van der Waals surface area (Å²) < 4.78 is 72.4. The lowest BCUT2D eigenvalue weighted by molar-refractivity contribution is 0.0816. The van der Waals surface area contributed by atoms with E-state index in [1.807, 2.05) is 12.1 Å². The molecule has 1 amide bonds. The minimum Gasteiger partial charge on any atom is -0.476 e. The minimum atomic E-state index is -4.52. The Morgan fingerprint density at radius 3 is 2.29 bits per heavy atom. The minimum absolute atomic E-state index is 0.00252. The van der Waals surface area contributed by atoms with Crippen LogP contribution in [-0.4, -0.2) is 102 Å². The predicted molar refractivity (Wildman–Crippen MR) is 308 cm³/mol. The average molecular weight is 1140 g/mol.